The van der Waals surface area contributed by atoms with Gasteiger partial charge >= 0.3 is 0 Å². The first-order valence-electron chi connectivity index (χ1n) is 7.27. The molecule has 1 aliphatic rings. The molecule has 21 heavy (non-hydrogen) atoms. The van der Waals surface area contributed by atoms with Crippen LogP contribution < -0.4 is 15.8 Å². The molecule has 0 bridgehead atoms. The fraction of sp³-hybridized carbons (Fsp3) is 0.400. The van der Waals surface area contributed by atoms with Crippen molar-refractivity contribution >= 4 is 17.2 Å². The quantitative estimate of drug-likeness (QED) is 0.898. The maximum atomic E-state index is 6.12. The zero-order chi connectivity index (χ0) is 14.5. The zero-order valence-corrected chi connectivity index (χ0v) is 11.8. The Morgan fingerprint density at radius 2 is 1.86 bits per heavy atom. The van der Waals surface area contributed by atoms with Crippen LogP contribution in [0.2, 0.25) is 0 Å². The summed E-state index contributed by atoms with van der Waals surface area (Å²) in [5.74, 6) is 1.02. The summed E-state index contributed by atoms with van der Waals surface area (Å²) < 4.78 is 5.94. The van der Waals surface area contributed by atoms with E-state index in [2.05, 4.69) is 20.3 Å². The molecule has 0 unspecified atom stereocenters. The summed E-state index contributed by atoms with van der Waals surface area (Å²) in [6.45, 7) is 0. The molecule has 0 aromatic carbocycles. The molecule has 2 aromatic heterocycles. The minimum absolute atomic E-state index is 0.213. The Labute approximate surface area is 123 Å². The summed E-state index contributed by atoms with van der Waals surface area (Å²) in [5.41, 5.74) is 7.44. The van der Waals surface area contributed by atoms with Crippen molar-refractivity contribution in [2.45, 2.75) is 38.2 Å². The highest BCUT2D eigenvalue weighted by atomic mass is 16.5. The second-order valence-electron chi connectivity index (χ2n) is 5.18. The van der Waals surface area contributed by atoms with E-state index in [-0.39, 0.29) is 6.10 Å². The highest BCUT2D eigenvalue weighted by Gasteiger charge is 2.18. The minimum Gasteiger partial charge on any atom is -0.473 e. The van der Waals surface area contributed by atoms with Crippen molar-refractivity contribution in [3.05, 3.63) is 30.9 Å². The van der Waals surface area contributed by atoms with Crippen molar-refractivity contribution in [1.29, 1.82) is 0 Å². The van der Waals surface area contributed by atoms with Gasteiger partial charge in [0.2, 0.25) is 5.88 Å². The Hall–Kier alpha value is -2.37. The van der Waals surface area contributed by atoms with E-state index >= 15 is 0 Å². The lowest BCUT2D eigenvalue weighted by Gasteiger charge is -2.23. The van der Waals surface area contributed by atoms with Gasteiger partial charge in [-0.15, -0.1) is 0 Å². The molecule has 1 aliphatic carbocycles. The van der Waals surface area contributed by atoms with Gasteiger partial charge in [0, 0.05) is 18.1 Å². The van der Waals surface area contributed by atoms with Crippen molar-refractivity contribution in [3.63, 3.8) is 0 Å². The molecular formula is C15H19N5O. The van der Waals surface area contributed by atoms with E-state index in [4.69, 9.17) is 10.5 Å². The van der Waals surface area contributed by atoms with E-state index < -0.39 is 0 Å². The molecule has 2 heterocycles. The number of nitrogens with two attached hydrogens (primary N) is 1. The van der Waals surface area contributed by atoms with Gasteiger partial charge in [-0.3, -0.25) is 4.98 Å². The summed E-state index contributed by atoms with van der Waals surface area (Å²) in [5, 5.41) is 3.15. The first-order chi connectivity index (χ1) is 10.3. The SMILES string of the molecule is Nc1c(Nc2ccncc2)ncnc1OC1CCCCC1. The van der Waals surface area contributed by atoms with Crippen molar-refractivity contribution in [1.82, 2.24) is 15.0 Å². The van der Waals surface area contributed by atoms with Crippen LogP contribution in [-0.4, -0.2) is 21.1 Å². The van der Waals surface area contributed by atoms with Gasteiger partial charge in [-0.2, -0.15) is 4.98 Å². The van der Waals surface area contributed by atoms with Crippen molar-refractivity contribution in [2.75, 3.05) is 11.1 Å². The van der Waals surface area contributed by atoms with E-state index in [1.165, 1.54) is 25.6 Å². The molecule has 0 saturated heterocycles. The molecule has 2 aromatic rings. The fourth-order valence-electron chi connectivity index (χ4n) is 2.49. The van der Waals surface area contributed by atoms with Gasteiger partial charge in [-0.05, 0) is 37.8 Å². The lowest BCUT2D eigenvalue weighted by Crippen LogP contribution is -2.21. The lowest BCUT2D eigenvalue weighted by atomic mass is 9.98. The number of rotatable bonds is 4. The first-order valence-corrected chi connectivity index (χ1v) is 7.27. The average Bonchev–Trinajstić information content (AvgIpc) is 2.53. The van der Waals surface area contributed by atoms with E-state index in [0.717, 1.165) is 18.5 Å². The molecule has 0 radical (unpaired) electrons. The number of anilines is 3. The third kappa shape index (κ3) is 3.39. The molecule has 1 fully saturated rings. The van der Waals surface area contributed by atoms with Crippen LogP contribution in [0.25, 0.3) is 0 Å². The van der Waals surface area contributed by atoms with Crippen LogP contribution >= 0.6 is 0 Å². The second kappa shape index (κ2) is 6.39. The highest BCUT2D eigenvalue weighted by molar-refractivity contribution is 5.71. The predicted octanol–water partition coefficient (Wildman–Crippen LogP) is 2.91. The van der Waals surface area contributed by atoms with E-state index in [1.807, 2.05) is 12.1 Å². The van der Waals surface area contributed by atoms with Crippen LogP contribution in [0.1, 0.15) is 32.1 Å². The van der Waals surface area contributed by atoms with Crippen LogP contribution in [-0.2, 0) is 0 Å². The van der Waals surface area contributed by atoms with Crippen molar-refractivity contribution < 1.29 is 4.74 Å². The monoisotopic (exact) mass is 285 g/mol. The number of nitrogen functional groups attached to an aromatic ring is 1. The molecular weight excluding hydrogens is 266 g/mol. The smallest absolute Gasteiger partial charge is 0.242 e. The lowest BCUT2D eigenvalue weighted by molar-refractivity contribution is 0.149. The Balaban J connectivity index is 1.75. The topological polar surface area (TPSA) is 86.0 Å². The molecule has 6 nitrogen and oxygen atoms in total. The normalized spacial score (nSPS) is 15.6. The van der Waals surface area contributed by atoms with Crippen LogP contribution in [0, 0.1) is 0 Å². The molecule has 3 rings (SSSR count). The van der Waals surface area contributed by atoms with Crippen molar-refractivity contribution in [2.24, 2.45) is 0 Å². The maximum Gasteiger partial charge on any atom is 0.242 e. The summed E-state index contributed by atoms with van der Waals surface area (Å²) in [6, 6.07) is 3.70. The molecule has 0 spiro atoms. The molecule has 3 N–H and O–H groups in total. The third-order valence-electron chi connectivity index (χ3n) is 3.62. The van der Waals surface area contributed by atoms with Gasteiger partial charge in [0.05, 0.1) is 0 Å². The Kier molecular flexibility index (Phi) is 4.14. The number of hydrogen-bond acceptors (Lipinski definition) is 6. The summed E-state index contributed by atoms with van der Waals surface area (Å²) >= 11 is 0. The van der Waals surface area contributed by atoms with Gasteiger partial charge in [0.25, 0.3) is 0 Å². The van der Waals surface area contributed by atoms with Gasteiger partial charge in [-0.1, -0.05) is 6.42 Å². The summed E-state index contributed by atoms with van der Waals surface area (Å²) in [6.07, 6.45) is 10.9. The van der Waals surface area contributed by atoms with Gasteiger partial charge < -0.3 is 15.8 Å². The third-order valence-corrected chi connectivity index (χ3v) is 3.62. The first kappa shape index (κ1) is 13.6. The average molecular weight is 285 g/mol. The van der Waals surface area contributed by atoms with Gasteiger partial charge in [-0.25, -0.2) is 4.98 Å². The van der Waals surface area contributed by atoms with E-state index in [9.17, 15) is 0 Å². The van der Waals surface area contributed by atoms with Gasteiger partial charge in [0.1, 0.15) is 18.1 Å². The van der Waals surface area contributed by atoms with E-state index in [1.54, 1.807) is 12.4 Å². The number of nitrogens with zero attached hydrogens (tertiary/aromatic N) is 3. The van der Waals surface area contributed by atoms with Crippen LogP contribution in [0.3, 0.4) is 0 Å². The second-order valence-corrected chi connectivity index (χ2v) is 5.18. The Morgan fingerprint density at radius 1 is 1.10 bits per heavy atom. The van der Waals surface area contributed by atoms with Crippen LogP contribution in [0.15, 0.2) is 30.9 Å². The Bertz CT molecular complexity index is 584. The zero-order valence-electron chi connectivity index (χ0n) is 11.8. The minimum atomic E-state index is 0.213. The van der Waals surface area contributed by atoms with Gasteiger partial charge in [0.15, 0.2) is 5.82 Å². The number of pyridine rings is 1. The summed E-state index contributed by atoms with van der Waals surface area (Å²) in [7, 11) is 0. The van der Waals surface area contributed by atoms with Crippen molar-refractivity contribution in [3.8, 4) is 5.88 Å². The maximum absolute atomic E-state index is 6.12. The highest BCUT2D eigenvalue weighted by Crippen LogP contribution is 2.30. The molecule has 6 heteroatoms. The molecule has 1 saturated carbocycles. The molecule has 0 atom stereocenters. The Morgan fingerprint density at radius 3 is 2.62 bits per heavy atom. The molecule has 0 amide bonds. The molecule has 0 aliphatic heterocycles. The van der Waals surface area contributed by atoms with Crippen LogP contribution in [0.5, 0.6) is 5.88 Å². The number of ether oxygens (including phenoxy) is 1. The fourth-order valence-corrected chi connectivity index (χ4v) is 2.49. The molecule has 110 valence electrons. The largest absolute Gasteiger partial charge is 0.473 e. The van der Waals surface area contributed by atoms with Crippen LogP contribution in [0.4, 0.5) is 17.2 Å². The number of nitrogens with one attached hydrogen (secondary N) is 1. The standard InChI is InChI=1S/C15H19N5O/c16-13-14(20-11-6-8-17-9-7-11)18-10-19-15(13)21-12-4-2-1-3-5-12/h6-10,12H,1-5,16H2,(H,17,18,19,20). The predicted molar refractivity (Wildman–Crippen MR) is 81.5 cm³/mol. The van der Waals surface area contributed by atoms with E-state index in [0.29, 0.717) is 17.4 Å². The number of aromatic nitrogens is 3. The number of hydrogen-bond donors (Lipinski definition) is 2. The summed E-state index contributed by atoms with van der Waals surface area (Å²) in [4.78, 5) is 12.3.